The van der Waals surface area contributed by atoms with Gasteiger partial charge in [-0.1, -0.05) is 12.2 Å². The molecule has 104 valence electrons. The maximum absolute atomic E-state index is 5.33. The second kappa shape index (κ2) is 7.02. The molecule has 1 saturated heterocycles. The van der Waals surface area contributed by atoms with Crippen molar-refractivity contribution in [3.8, 4) is 0 Å². The quantitative estimate of drug-likeness (QED) is 0.503. The molecular weight excluding hydrogens is 238 g/mol. The average molecular weight is 261 g/mol. The molecule has 0 bridgehead atoms. The number of hydrogen-bond donors (Lipinski definition) is 1. The van der Waals surface area contributed by atoms with Crippen molar-refractivity contribution in [2.75, 3.05) is 26.2 Å². The molecule has 0 unspecified atom stereocenters. The van der Waals surface area contributed by atoms with Crippen LogP contribution >= 0.6 is 0 Å². The van der Waals surface area contributed by atoms with Gasteiger partial charge in [0.2, 0.25) is 0 Å². The molecule has 19 heavy (non-hydrogen) atoms. The number of nitrogens with zero attached hydrogens (tertiary/aromatic N) is 2. The summed E-state index contributed by atoms with van der Waals surface area (Å²) < 4.78 is 5.33. The minimum Gasteiger partial charge on any atom is -0.469 e. The molecule has 1 fully saturated rings. The van der Waals surface area contributed by atoms with Crippen LogP contribution in [0.25, 0.3) is 0 Å². The SMILES string of the molecule is C=C(C)CN=C(NCCc1ccco1)N1CCCC1. The Bertz CT molecular complexity index is 417. The van der Waals surface area contributed by atoms with Crippen molar-refractivity contribution >= 4 is 5.96 Å². The lowest BCUT2D eigenvalue weighted by Gasteiger charge is -2.21. The van der Waals surface area contributed by atoms with Crippen LogP contribution in [-0.4, -0.2) is 37.0 Å². The Kier molecular flexibility index (Phi) is 5.07. The van der Waals surface area contributed by atoms with E-state index >= 15 is 0 Å². The zero-order chi connectivity index (χ0) is 13.5. The monoisotopic (exact) mass is 261 g/mol. The molecule has 1 aromatic heterocycles. The molecule has 0 spiro atoms. The van der Waals surface area contributed by atoms with Crippen molar-refractivity contribution in [3.05, 3.63) is 36.3 Å². The van der Waals surface area contributed by atoms with E-state index in [1.54, 1.807) is 6.26 Å². The lowest BCUT2D eigenvalue weighted by molar-refractivity contribution is 0.481. The highest BCUT2D eigenvalue weighted by molar-refractivity contribution is 5.80. The van der Waals surface area contributed by atoms with Gasteiger partial charge in [0.15, 0.2) is 5.96 Å². The van der Waals surface area contributed by atoms with E-state index in [0.717, 1.165) is 43.3 Å². The highest BCUT2D eigenvalue weighted by atomic mass is 16.3. The molecule has 0 radical (unpaired) electrons. The third kappa shape index (κ3) is 4.47. The highest BCUT2D eigenvalue weighted by Crippen LogP contribution is 2.08. The maximum Gasteiger partial charge on any atom is 0.194 e. The summed E-state index contributed by atoms with van der Waals surface area (Å²) in [5, 5.41) is 3.43. The summed E-state index contributed by atoms with van der Waals surface area (Å²) in [5.41, 5.74) is 1.09. The van der Waals surface area contributed by atoms with E-state index in [1.807, 2.05) is 19.1 Å². The second-order valence-electron chi connectivity index (χ2n) is 5.05. The van der Waals surface area contributed by atoms with Crippen molar-refractivity contribution in [3.63, 3.8) is 0 Å². The van der Waals surface area contributed by atoms with Crippen molar-refractivity contribution in [2.24, 2.45) is 4.99 Å². The van der Waals surface area contributed by atoms with Crippen molar-refractivity contribution in [1.29, 1.82) is 0 Å². The fourth-order valence-electron chi connectivity index (χ4n) is 2.16. The first-order valence-corrected chi connectivity index (χ1v) is 6.96. The van der Waals surface area contributed by atoms with Gasteiger partial charge >= 0.3 is 0 Å². The second-order valence-corrected chi connectivity index (χ2v) is 5.05. The summed E-state index contributed by atoms with van der Waals surface area (Å²) in [6.45, 7) is 9.65. The van der Waals surface area contributed by atoms with Gasteiger partial charge in [0.1, 0.15) is 5.76 Å². The van der Waals surface area contributed by atoms with Gasteiger partial charge in [0.05, 0.1) is 12.8 Å². The minimum absolute atomic E-state index is 0.694. The lowest BCUT2D eigenvalue weighted by Crippen LogP contribution is -2.40. The van der Waals surface area contributed by atoms with Gasteiger partial charge in [0, 0.05) is 26.1 Å². The predicted molar refractivity (Wildman–Crippen MR) is 78.3 cm³/mol. The number of furan rings is 1. The van der Waals surface area contributed by atoms with E-state index in [9.17, 15) is 0 Å². The van der Waals surface area contributed by atoms with Crippen molar-refractivity contribution in [2.45, 2.75) is 26.2 Å². The van der Waals surface area contributed by atoms with Crippen LogP contribution in [0, 0.1) is 0 Å². The fraction of sp³-hybridized carbons (Fsp3) is 0.533. The molecule has 1 N–H and O–H groups in total. The zero-order valence-electron chi connectivity index (χ0n) is 11.7. The normalized spacial score (nSPS) is 15.8. The van der Waals surface area contributed by atoms with Crippen LogP contribution < -0.4 is 5.32 Å². The van der Waals surface area contributed by atoms with E-state index in [4.69, 9.17) is 4.42 Å². The molecule has 2 rings (SSSR count). The maximum atomic E-state index is 5.33. The summed E-state index contributed by atoms with van der Waals surface area (Å²) in [6, 6.07) is 3.92. The number of nitrogens with one attached hydrogen (secondary N) is 1. The number of hydrogen-bond acceptors (Lipinski definition) is 2. The van der Waals surface area contributed by atoms with Gasteiger partial charge in [-0.15, -0.1) is 0 Å². The lowest BCUT2D eigenvalue weighted by atomic mass is 10.3. The van der Waals surface area contributed by atoms with Gasteiger partial charge in [0.25, 0.3) is 0 Å². The predicted octanol–water partition coefficient (Wildman–Crippen LogP) is 2.44. The number of aliphatic imine (C=N–C) groups is 1. The summed E-state index contributed by atoms with van der Waals surface area (Å²) >= 11 is 0. The fourth-order valence-corrected chi connectivity index (χ4v) is 2.16. The minimum atomic E-state index is 0.694. The van der Waals surface area contributed by atoms with Crippen molar-refractivity contribution < 1.29 is 4.42 Å². The standard InChI is InChI=1S/C15H23N3O/c1-13(2)12-17-15(18-9-3-4-10-18)16-8-7-14-6-5-11-19-14/h5-6,11H,1,3-4,7-10,12H2,2H3,(H,16,17). The van der Waals surface area contributed by atoms with Crippen LogP contribution in [0.4, 0.5) is 0 Å². The molecule has 4 heteroatoms. The third-order valence-corrected chi connectivity index (χ3v) is 3.14. The molecule has 1 aromatic rings. The molecule has 0 aromatic carbocycles. The van der Waals surface area contributed by atoms with E-state index in [-0.39, 0.29) is 0 Å². The molecule has 0 amide bonds. The molecular formula is C15H23N3O. The Hall–Kier alpha value is -1.71. The van der Waals surface area contributed by atoms with E-state index in [1.165, 1.54) is 12.8 Å². The van der Waals surface area contributed by atoms with Gasteiger partial charge in [-0.3, -0.25) is 0 Å². The topological polar surface area (TPSA) is 40.8 Å². The van der Waals surface area contributed by atoms with Gasteiger partial charge in [-0.25, -0.2) is 4.99 Å². The molecule has 1 aliphatic heterocycles. The summed E-state index contributed by atoms with van der Waals surface area (Å²) in [5.74, 6) is 2.01. The first kappa shape index (κ1) is 13.7. The highest BCUT2D eigenvalue weighted by Gasteiger charge is 2.15. The largest absolute Gasteiger partial charge is 0.469 e. The smallest absolute Gasteiger partial charge is 0.194 e. The van der Waals surface area contributed by atoms with Gasteiger partial charge in [-0.05, 0) is 31.9 Å². The Morgan fingerprint density at radius 2 is 2.26 bits per heavy atom. The Morgan fingerprint density at radius 3 is 2.89 bits per heavy atom. The molecule has 4 nitrogen and oxygen atoms in total. The summed E-state index contributed by atoms with van der Waals surface area (Å²) in [6.07, 6.45) is 5.11. The Labute approximate surface area is 115 Å². The Morgan fingerprint density at radius 1 is 1.47 bits per heavy atom. The molecule has 2 heterocycles. The summed E-state index contributed by atoms with van der Waals surface area (Å²) in [4.78, 5) is 6.95. The molecule has 0 saturated carbocycles. The van der Waals surface area contributed by atoms with Crippen LogP contribution in [0.3, 0.4) is 0 Å². The van der Waals surface area contributed by atoms with E-state index < -0.39 is 0 Å². The number of likely N-dealkylation sites (tertiary alicyclic amines) is 1. The number of guanidine groups is 1. The average Bonchev–Trinajstić information content (AvgIpc) is 3.05. The van der Waals surface area contributed by atoms with Gasteiger partial charge in [-0.2, -0.15) is 0 Å². The molecule has 0 aliphatic carbocycles. The van der Waals surface area contributed by atoms with E-state index in [0.29, 0.717) is 6.54 Å². The Balaban J connectivity index is 1.85. The first-order valence-electron chi connectivity index (χ1n) is 6.96. The van der Waals surface area contributed by atoms with Gasteiger partial charge < -0.3 is 14.6 Å². The van der Waals surface area contributed by atoms with Crippen LogP contribution in [0.1, 0.15) is 25.5 Å². The van der Waals surface area contributed by atoms with Crippen LogP contribution in [0.15, 0.2) is 40.0 Å². The molecule has 1 aliphatic rings. The zero-order valence-corrected chi connectivity index (χ0v) is 11.7. The van der Waals surface area contributed by atoms with Crippen molar-refractivity contribution in [1.82, 2.24) is 10.2 Å². The van der Waals surface area contributed by atoms with E-state index in [2.05, 4.69) is 21.8 Å². The van der Waals surface area contributed by atoms with Crippen LogP contribution in [0.5, 0.6) is 0 Å². The first-order chi connectivity index (χ1) is 9.25. The van der Waals surface area contributed by atoms with Crippen LogP contribution in [0.2, 0.25) is 0 Å². The van der Waals surface area contributed by atoms with Crippen LogP contribution in [-0.2, 0) is 6.42 Å². The summed E-state index contributed by atoms with van der Waals surface area (Å²) in [7, 11) is 0. The molecule has 0 atom stereocenters. The third-order valence-electron chi connectivity index (χ3n) is 3.14. The number of rotatable bonds is 5.